The number of fused-ring (bicyclic) bond motifs is 2. The second-order valence-corrected chi connectivity index (χ2v) is 5.96. The summed E-state index contributed by atoms with van der Waals surface area (Å²) in [6.45, 7) is 3.52. The smallest absolute Gasteiger partial charge is 0.307 e. The molecule has 2 aliphatic carbocycles. The van der Waals surface area contributed by atoms with Gasteiger partial charge in [-0.3, -0.25) is 4.79 Å². The first-order valence-corrected chi connectivity index (χ1v) is 6.80. The molecular formula is C15H18O5. The maximum atomic E-state index is 11.6. The molecule has 0 aliphatic heterocycles. The van der Waals surface area contributed by atoms with Gasteiger partial charge in [-0.2, -0.15) is 0 Å². The molecule has 108 valence electrons. The van der Waals surface area contributed by atoms with Crippen LogP contribution in [0.2, 0.25) is 0 Å². The lowest BCUT2D eigenvalue weighted by atomic mass is 9.57. The topological polar surface area (TPSA) is 90.9 Å². The standard InChI is InChI=1S/C15H18O5/c1-7-6-20-12-10(7)13(17)15(2)8(11(12)16)4-3-5-9(15)14(18)19/h6,9,13,16-17H,3-5H2,1-2H3,(H,18,19)/t9?,13-,15-/m0/s1. The molecule has 1 aromatic heterocycles. The van der Waals surface area contributed by atoms with Crippen LogP contribution in [0.3, 0.4) is 0 Å². The second-order valence-electron chi connectivity index (χ2n) is 5.96. The molecule has 3 atom stereocenters. The zero-order valence-electron chi connectivity index (χ0n) is 11.5. The van der Waals surface area contributed by atoms with Gasteiger partial charge in [0.15, 0.2) is 11.5 Å². The number of hydrogen-bond donors (Lipinski definition) is 3. The van der Waals surface area contributed by atoms with Gasteiger partial charge in [-0.25, -0.2) is 0 Å². The van der Waals surface area contributed by atoms with Crippen LogP contribution in [0.15, 0.2) is 16.3 Å². The van der Waals surface area contributed by atoms with Crippen LogP contribution in [0.1, 0.15) is 49.2 Å². The van der Waals surface area contributed by atoms with Crippen molar-refractivity contribution in [2.75, 3.05) is 0 Å². The number of rotatable bonds is 1. The zero-order valence-corrected chi connectivity index (χ0v) is 11.5. The molecule has 20 heavy (non-hydrogen) atoms. The van der Waals surface area contributed by atoms with E-state index >= 15 is 0 Å². The summed E-state index contributed by atoms with van der Waals surface area (Å²) >= 11 is 0. The molecule has 1 fully saturated rings. The Morgan fingerprint density at radius 3 is 2.85 bits per heavy atom. The van der Waals surface area contributed by atoms with Gasteiger partial charge in [0.2, 0.25) is 0 Å². The maximum absolute atomic E-state index is 11.6. The van der Waals surface area contributed by atoms with E-state index in [-0.39, 0.29) is 11.5 Å². The maximum Gasteiger partial charge on any atom is 0.307 e. The molecule has 0 aromatic carbocycles. The minimum atomic E-state index is -0.976. The molecule has 0 bridgehead atoms. The van der Waals surface area contributed by atoms with Crippen molar-refractivity contribution in [2.45, 2.75) is 39.2 Å². The van der Waals surface area contributed by atoms with E-state index in [1.807, 2.05) is 0 Å². The number of carbonyl (C=O) groups is 1. The second kappa shape index (κ2) is 4.12. The average Bonchev–Trinajstić information content (AvgIpc) is 2.78. The quantitative estimate of drug-likeness (QED) is 0.734. The SMILES string of the molecule is Cc1coc2c1[C@H](O)[C@@]1(C)C(=C2O)CCCC1C(=O)O. The Morgan fingerprint density at radius 1 is 1.50 bits per heavy atom. The number of furan rings is 1. The molecule has 0 amide bonds. The fraction of sp³-hybridized carbons (Fsp3) is 0.533. The van der Waals surface area contributed by atoms with Crippen LogP contribution in [-0.4, -0.2) is 21.3 Å². The molecule has 0 spiro atoms. The van der Waals surface area contributed by atoms with Crippen molar-refractivity contribution >= 4 is 11.7 Å². The lowest BCUT2D eigenvalue weighted by Gasteiger charge is -2.47. The van der Waals surface area contributed by atoms with E-state index < -0.39 is 23.4 Å². The lowest BCUT2D eigenvalue weighted by molar-refractivity contribution is -0.150. The van der Waals surface area contributed by atoms with E-state index in [9.17, 15) is 20.1 Å². The van der Waals surface area contributed by atoms with Crippen molar-refractivity contribution < 1.29 is 24.5 Å². The molecule has 3 N–H and O–H groups in total. The van der Waals surface area contributed by atoms with Crippen molar-refractivity contribution in [3.05, 3.63) is 28.7 Å². The van der Waals surface area contributed by atoms with E-state index in [4.69, 9.17) is 4.42 Å². The third-order valence-electron chi connectivity index (χ3n) is 4.96. The number of carboxylic acid groups (broad SMARTS) is 1. The van der Waals surface area contributed by atoms with Gasteiger partial charge in [0, 0.05) is 11.0 Å². The Labute approximate surface area is 116 Å². The van der Waals surface area contributed by atoms with Crippen molar-refractivity contribution in [1.29, 1.82) is 0 Å². The van der Waals surface area contributed by atoms with Gasteiger partial charge in [0.05, 0.1) is 18.3 Å². The van der Waals surface area contributed by atoms with Crippen molar-refractivity contribution in [2.24, 2.45) is 11.3 Å². The van der Waals surface area contributed by atoms with Crippen molar-refractivity contribution in [3.8, 4) is 0 Å². The van der Waals surface area contributed by atoms with Crippen LogP contribution >= 0.6 is 0 Å². The first kappa shape index (κ1) is 13.2. The van der Waals surface area contributed by atoms with Crippen LogP contribution in [0.25, 0.3) is 5.76 Å². The summed E-state index contributed by atoms with van der Waals surface area (Å²) in [6, 6.07) is 0. The average molecular weight is 278 g/mol. The number of aryl methyl sites for hydroxylation is 1. The Balaban J connectivity index is 2.26. The molecule has 0 saturated heterocycles. The van der Waals surface area contributed by atoms with E-state index in [2.05, 4.69) is 0 Å². The van der Waals surface area contributed by atoms with Gasteiger partial charge < -0.3 is 19.7 Å². The third-order valence-corrected chi connectivity index (χ3v) is 4.96. The third kappa shape index (κ3) is 1.44. The normalized spacial score (nSPS) is 32.8. The number of carboxylic acids is 1. The minimum absolute atomic E-state index is 0.00634. The number of aliphatic carboxylic acids is 1. The van der Waals surface area contributed by atoms with Gasteiger partial charge in [0.1, 0.15) is 0 Å². The predicted molar refractivity (Wildman–Crippen MR) is 71.0 cm³/mol. The molecule has 5 nitrogen and oxygen atoms in total. The van der Waals surface area contributed by atoms with Crippen LogP contribution in [0, 0.1) is 18.3 Å². The molecule has 1 unspecified atom stereocenters. The summed E-state index contributed by atoms with van der Waals surface area (Å²) < 4.78 is 5.34. The molecule has 2 aliphatic rings. The van der Waals surface area contributed by atoms with E-state index in [0.29, 0.717) is 30.4 Å². The van der Waals surface area contributed by atoms with Crippen LogP contribution < -0.4 is 0 Å². The fourth-order valence-electron chi connectivity index (χ4n) is 3.78. The largest absolute Gasteiger partial charge is 0.504 e. The van der Waals surface area contributed by atoms with Gasteiger partial charge in [-0.15, -0.1) is 0 Å². The van der Waals surface area contributed by atoms with Crippen LogP contribution in [0.5, 0.6) is 0 Å². The summed E-state index contributed by atoms with van der Waals surface area (Å²) in [5.41, 5.74) is 0.872. The summed E-state index contributed by atoms with van der Waals surface area (Å²) in [5, 5.41) is 30.7. The van der Waals surface area contributed by atoms with Crippen molar-refractivity contribution in [1.82, 2.24) is 0 Å². The highest BCUT2D eigenvalue weighted by Gasteiger charge is 2.55. The number of aliphatic hydroxyl groups excluding tert-OH is 2. The molecule has 1 heterocycles. The molecule has 1 aromatic rings. The lowest BCUT2D eigenvalue weighted by Crippen LogP contribution is -2.45. The summed E-state index contributed by atoms with van der Waals surface area (Å²) in [7, 11) is 0. The van der Waals surface area contributed by atoms with Crippen molar-refractivity contribution in [3.63, 3.8) is 0 Å². The van der Waals surface area contributed by atoms with E-state index in [1.54, 1.807) is 13.8 Å². The summed E-state index contributed by atoms with van der Waals surface area (Å²) in [5.74, 6) is -1.34. The van der Waals surface area contributed by atoms with Gasteiger partial charge in [-0.05, 0) is 37.3 Å². The Morgan fingerprint density at radius 2 is 2.20 bits per heavy atom. The highest BCUT2D eigenvalue weighted by atomic mass is 16.4. The van der Waals surface area contributed by atoms with Gasteiger partial charge >= 0.3 is 5.97 Å². The highest BCUT2D eigenvalue weighted by molar-refractivity contribution is 5.76. The Bertz CT molecular complexity index is 612. The first-order valence-electron chi connectivity index (χ1n) is 6.80. The predicted octanol–water partition coefficient (Wildman–Crippen LogP) is 2.80. The molecule has 5 heteroatoms. The van der Waals surface area contributed by atoms with E-state index in [0.717, 1.165) is 5.56 Å². The first-order chi connectivity index (χ1) is 9.39. The Hall–Kier alpha value is -1.75. The minimum Gasteiger partial charge on any atom is -0.504 e. The fourth-order valence-corrected chi connectivity index (χ4v) is 3.78. The summed E-state index contributed by atoms with van der Waals surface area (Å²) in [4.78, 5) is 11.6. The zero-order chi connectivity index (χ0) is 14.7. The number of aliphatic hydroxyl groups is 2. The van der Waals surface area contributed by atoms with Gasteiger partial charge in [-0.1, -0.05) is 6.92 Å². The van der Waals surface area contributed by atoms with Crippen LogP contribution in [-0.2, 0) is 4.79 Å². The molecule has 0 radical (unpaired) electrons. The number of hydrogen-bond acceptors (Lipinski definition) is 4. The van der Waals surface area contributed by atoms with Crippen LogP contribution in [0.4, 0.5) is 0 Å². The molecule has 3 rings (SSSR count). The Kier molecular flexibility index (Phi) is 2.73. The summed E-state index contributed by atoms with van der Waals surface area (Å²) in [6.07, 6.45) is 2.30. The monoisotopic (exact) mass is 278 g/mol. The van der Waals surface area contributed by atoms with Gasteiger partial charge in [0.25, 0.3) is 0 Å². The molecule has 1 saturated carbocycles. The van der Waals surface area contributed by atoms with E-state index in [1.165, 1.54) is 6.26 Å². The highest BCUT2D eigenvalue weighted by Crippen LogP contribution is 2.58. The molecular weight excluding hydrogens is 260 g/mol.